The number of benzene rings is 1. The fourth-order valence-corrected chi connectivity index (χ4v) is 2.17. The number of hydrogen-bond donors (Lipinski definition) is 1. The van der Waals surface area contributed by atoms with Gasteiger partial charge in [-0.15, -0.1) is 0 Å². The average molecular weight is 288 g/mol. The highest BCUT2D eigenvalue weighted by molar-refractivity contribution is 6.31. The molecular weight excluding hydrogens is 278 g/mol. The van der Waals surface area contributed by atoms with Gasteiger partial charge in [0, 0.05) is 17.8 Å². The fraction of sp³-hybridized carbons (Fsp3) is 0.0714. The number of nitrogens with zero attached hydrogens (tertiary/aromatic N) is 3. The zero-order valence-electron chi connectivity index (χ0n) is 10.3. The summed E-state index contributed by atoms with van der Waals surface area (Å²) in [6, 6.07) is 7.66. The van der Waals surface area contributed by atoms with Crippen LogP contribution in [0.4, 0.5) is 0 Å². The number of aromatic nitrogens is 3. The third-order valence-electron chi connectivity index (χ3n) is 2.94. The fourth-order valence-electron chi connectivity index (χ4n) is 2.00. The number of halogens is 1. The molecule has 0 bridgehead atoms. The van der Waals surface area contributed by atoms with Gasteiger partial charge in [0.05, 0.1) is 28.8 Å². The van der Waals surface area contributed by atoms with Gasteiger partial charge < -0.3 is 5.11 Å². The lowest BCUT2D eigenvalue weighted by atomic mass is 10.1. The quantitative estimate of drug-likeness (QED) is 0.804. The average Bonchev–Trinajstić information content (AvgIpc) is 2.87. The molecule has 0 saturated heterocycles. The molecule has 1 N–H and O–H groups in total. The first kappa shape index (κ1) is 12.6. The van der Waals surface area contributed by atoms with Crippen LogP contribution in [0.25, 0.3) is 10.9 Å². The van der Waals surface area contributed by atoms with Crippen molar-refractivity contribution in [3.63, 3.8) is 0 Å². The van der Waals surface area contributed by atoms with E-state index in [-0.39, 0.29) is 5.56 Å². The molecule has 1 aromatic carbocycles. The molecule has 0 saturated carbocycles. The van der Waals surface area contributed by atoms with Crippen LogP contribution in [0.2, 0.25) is 5.02 Å². The maximum absolute atomic E-state index is 10.8. The van der Waals surface area contributed by atoms with Gasteiger partial charge in [0.1, 0.15) is 0 Å². The van der Waals surface area contributed by atoms with Gasteiger partial charge >= 0.3 is 5.97 Å². The number of fused-ring (bicyclic) bond motifs is 1. The molecule has 100 valence electrons. The lowest BCUT2D eigenvalue weighted by molar-refractivity contribution is 0.0697. The molecule has 0 fully saturated rings. The number of carboxylic acid groups (broad SMARTS) is 1. The summed E-state index contributed by atoms with van der Waals surface area (Å²) in [6.07, 6.45) is 4.45. The largest absolute Gasteiger partial charge is 0.478 e. The predicted octanol–water partition coefficient (Wildman–Crippen LogP) is 2.83. The van der Waals surface area contributed by atoms with Crippen LogP contribution in [0, 0.1) is 0 Å². The van der Waals surface area contributed by atoms with Crippen LogP contribution < -0.4 is 0 Å². The van der Waals surface area contributed by atoms with E-state index in [4.69, 9.17) is 16.7 Å². The maximum Gasteiger partial charge on any atom is 0.338 e. The van der Waals surface area contributed by atoms with Crippen molar-refractivity contribution in [2.45, 2.75) is 6.54 Å². The minimum atomic E-state index is -0.981. The zero-order chi connectivity index (χ0) is 14.1. The van der Waals surface area contributed by atoms with Crippen LogP contribution in [0.15, 0.2) is 42.9 Å². The summed E-state index contributed by atoms with van der Waals surface area (Å²) in [5.74, 6) is -0.981. The molecule has 3 rings (SSSR count). The summed E-state index contributed by atoms with van der Waals surface area (Å²) in [5, 5.41) is 14.4. The van der Waals surface area contributed by atoms with Gasteiger partial charge in [-0.2, -0.15) is 5.10 Å². The summed E-state index contributed by atoms with van der Waals surface area (Å²) in [5.41, 5.74) is 2.04. The third-order valence-corrected chi connectivity index (χ3v) is 3.14. The lowest BCUT2D eigenvalue weighted by Crippen LogP contribution is -2.00. The van der Waals surface area contributed by atoms with Crippen molar-refractivity contribution in [2.75, 3.05) is 0 Å². The van der Waals surface area contributed by atoms with Gasteiger partial charge in [-0.25, -0.2) is 4.79 Å². The summed E-state index contributed by atoms with van der Waals surface area (Å²) in [4.78, 5) is 15.0. The molecule has 0 unspecified atom stereocenters. The van der Waals surface area contributed by atoms with Crippen LogP contribution in [0.3, 0.4) is 0 Å². The molecular formula is C14H10ClN3O2. The molecule has 6 heteroatoms. The van der Waals surface area contributed by atoms with Crippen LogP contribution in [-0.2, 0) is 6.54 Å². The Morgan fingerprint density at radius 2 is 2.15 bits per heavy atom. The number of rotatable bonds is 3. The van der Waals surface area contributed by atoms with Crippen LogP contribution in [0.5, 0.6) is 0 Å². The van der Waals surface area contributed by atoms with E-state index in [1.165, 1.54) is 12.4 Å². The Hall–Kier alpha value is -2.40. The highest BCUT2D eigenvalue weighted by atomic mass is 35.5. The van der Waals surface area contributed by atoms with Gasteiger partial charge in [0.15, 0.2) is 0 Å². The van der Waals surface area contributed by atoms with Crippen LogP contribution in [-0.4, -0.2) is 25.8 Å². The van der Waals surface area contributed by atoms with Crippen molar-refractivity contribution in [1.82, 2.24) is 14.8 Å². The molecule has 2 aromatic heterocycles. The molecule has 5 nitrogen and oxygen atoms in total. The number of hydrogen-bond acceptors (Lipinski definition) is 3. The lowest BCUT2D eigenvalue weighted by Gasteiger charge is -2.04. The van der Waals surface area contributed by atoms with E-state index in [1.807, 2.05) is 24.3 Å². The second kappa shape index (κ2) is 4.94. The Balaban J connectivity index is 1.91. The van der Waals surface area contributed by atoms with Crippen molar-refractivity contribution in [3.05, 3.63) is 59.0 Å². The van der Waals surface area contributed by atoms with E-state index in [1.54, 1.807) is 10.9 Å². The minimum absolute atomic E-state index is 0.176. The summed E-state index contributed by atoms with van der Waals surface area (Å²) < 4.78 is 1.59. The van der Waals surface area contributed by atoms with Crippen LogP contribution >= 0.6 is 11.6 Å². The third kappa shape index (κ3) is 2.48. The molecule has 3 aromatic rings. The second-order valence-electron chi connectivity index (χ2n) is 4.41. The summed E-state index contributed by atoms with van der Waals surface area (Å²) in [6.45, 7) is 0.496. The monoisotopic (exact) mass is 287 g/mol. The first-order chi connectivity index (χ1) is 9.61. The van der Waals surface area contributed by atoms with E-state index in [0.717, 1.165) is 16.5 Å². The minimum Gasteiger partial charge on any atom is -0.478 e. The van der Waals surface area contributed by atoms with Gasteiger partial charge in [-0.05, 0) is 23.8 Å². The Morgan fingerprint density at radius 3 is 2.90 bits per heavy atom. The molecule has 0 aliphatic heterocycles. The number of carbonyl (C=O) groups is 1. The van der Waals surface area contributed by atoms with Gasteiger partial charge in [-0.1, -0.05) is 17.7 Å². The highest BCUT2D eigenvalue weighted by Gasteiger charge is 2.06. The predicted molar refractivity (Wildman–Crippen MR) is 75.0 cm³/mol. The summed E-state index contributed by atoms with van der Waals surface area (Å²) >= 11 is 5.92. The smallest absolute Gasteiger partial charge is 0.338 e. The number of carboxylic acids is 1. The highest BCUT2D eigenvalue weighted by Crippen LogP contribution is 2.18. The second-order valence-corrected chi connectivity index (χ2v) is 4.85. The van der Waals surface area contributed by atoms with E-state index < -0.39 is 5.97 Å². The Bertz CT molecular complexity index is 798. The van der Waals surface area contributed by atoms with Gasteiger partial charge in [0.2, 0.25) is 0 Å². The van der Waals surface area contributed by atoms with E-state index >= 15 is 0 Å². The van der Waals surface area contributed by atoms with Crippen molar-refractivity contribution in [1.29, 1.82) is 0 Å². The Morgan fingerprint density at radius 1 is 1.30 bits per heavy atom. The normalized spacial score (nSPS) is 10.8. The Kier molecular flexibility index (Phi) is 3.12. The van der Waals surface area contributed by atoms with Gasteiger partial charge in [0.25, 0.3) is 0 Å². The van der Waals surface area contributed by atoms with E-state index in [9.17, 15) is 4.79 Å². The van der Waals surface area contributed by atoms with Crippen molar-refractivity contribution < 1.29 is 9.90 Å². The zero-order valence-corrected chi connectivity index (χ0v) is 11.1. The molecule has 2 heterocycles. The van der Waals surface area contributed by atoms with Gasteiger partial charge in [-0.3, -0.25) is 9.67 Å². The first-order valence-corrected chi connectivity index (χ1v) is 6.29. The topological polar surface area (TPSA) is 68.0 Å². The maximum atomic E-state index is 10.8. The molecule has 20 heavy (non-hydrogen) atoms. The Labute approximate surface area is 119 Å². The van der Waals surface area contributed by atoms with Crippen molar-refractivity contribution >= 4 is 28.5 Å². The molecule has 0 amide bonds. The van der Waals surface area contributed by atoms with E-state index in [2.05, 4.69) is 10.1 Å². The number of pyridine rings is 1. The summed E-state index contributed by atoms with van der Waals surface area (Å²) in [7, 11) is 0. The molecule has 0 aliphatic carbocycles. The first-order valence-electron chi connectivity index (χ1n) is 5.92. The number of aromatic carboxylic acids is 1. The molecule has 0 radical (unpaired) electrons. The van der Waals surface area contributed by atoms with Crippen LogP contribution in [0.1, 0.15) is 15.9 Å². The standard InChI is InChI=1S/C14H10ClN3O2/c15-12-4-10-3-9(1-2-13(10)16-6-12)7-18-8-11(5-17-18)14(19)20/h1-6,8H,7H2,(H,19,20). The SMILES string of the molecule is O=C(O)c1cnn(Cc2ccc3ncc(Cl)cc3c2)c1. The van der Waals surface area contributed by atoms with Crippen molar-refractivity contribution in [3.8, 4) is 0 Å². The van der Waals surface area contributed by atoms with E-state index in [0.29, 0.717) is 11.6 Å². The van der Waals surface area contributed by atoms with Crippen molar-refractivity contribution in [2.24, 2.45) is 0 Å². The molecule has 0 aliphatic rings. The molecule has 0 atom stereocenters. The molecule has 0 spiro atoms.